The van der Waals surface area contributed by atoms with Crippen LogP contribution in [-0.4, -0.2) is 32.8 Å². The maximum Gasteiger partial charge on any atom is 0.261 e. The fourth-order valence-corrected chi connectivity index (χ4v) is 1.64. The highest BCUT2D eigenvalue weighted by Gasteiger charge is 2.08. The van der Waals surface area contributed by atoms with Crippen LogP contribution in [0.5, 0.6) is 5.75 Å². The second-order valence-electron chi connectivity index (χ2n) is 4.44. The predicted molar refractivity (Wildman–Crippen MR) is 85.2 cm³/mol. The molecule has 0 heterocycles. The van der Waals surface area contributed by atoms with Crippen LogP contribution in [0.1, 0.15) is 12.0 Å². The molecule has 0 radical (unpaired) electrons. The summed E-state index contributed by atoms with van der Waals surface area (Å²) in [4.78, 5) is 11.9. The molecule has 0 saturated heterocycles. The average molecular weight is 300 g/mol. The lowest BCUT2D eigenvalue weighted by molar-refractivity contribution is -0.117. The Morgan fingerprint density at radius 1 is 1.41 bits per heavy atom. The number of hydrogen-bond acceptors (Lipinski definition) is 4. The van der Waals surface area contributed by atoms with Crippen LogP contribution in [0.15, 0.2) is 42.5 Å². The van der Waals surface area contributed by atoms with Crippen LogP contribution in [-0.2, 0) is 9.53 Å². The summed E-state index contributed by atoms with van der Waals surface area (Å²) in [5.41, 5.74) is 0.826. The normalized spacial score (nSPS) is 10.6. The van der Waals surface area contributed by atoms with E-state index in [9.17, 15) is 4.79 Å². The summed E-state index contributed by atoms with van der Waals surface area (Å²) in [5, 5.41) is 11.8. The zero-order valence-corrected chi connectivity index (χ0v) is 12.7. The second kappa shape index (κ2) is 10.2. The zero-order chi connectivity index (χ0) is 16.2. The first-order valence-corrected chi connectivity index (χ1v) is 6.94. The lowest BCUT2D eigenvalue weighted by atomic mass is 10.1. The van der Waals surface area contributed by atoms with Gasteiger partial charge in [0, 0.05) is 20.3 Å². The van der Waals surface area contributed by atoms with Gasteiger partial charge in [0.2, 0.25) is 0 Å². The Bertz CT molecular complexity index is 556. The number of methoxy groups -OCH3 is 1. The Morgan fingerprint density at radius 2 is 2.14 bits per heavy atom. The maximum absolute atomic E-state index is 11.9. The molecule has 1 amide bonds. The van der Waals surface area contributed by atoms with Crippen molar-refractivity contribution in [3.63, 3.8) is 0 Å². The Morgan fingerprint density at radius 3 is 2.73 bits per heavy atom. The fourth-order valence-electron chi connectivity index (χ4n) is 1.64. The van der Waals surface area contributed by atoms with Gasteiger partial charge in [-0.15, -0.1) is 0 Å². The fraction of sp³-hybridized carbons (Fsp3) is 0.294. The Hall–Kier alpha value is -2.58. The van der Waals surface area contributed by atoms with Crippen molar-refractivity contribution in [2.75, 3.05) is 26.9 Å². The van der Waals surface area contributed by atoms with Crippen LogP contribution in [0, 0.1) is 11.3 Å². The first-order chi connectivity index (χ1) is 10.7. The Kier molecular flexibility index (Phi) is 8.09. The van der Waals surface area contributed by atoms with Crippen LogP contribution in [0.2, 0.25) is 0 Å². The minimum Gasteiger partial charge on any atom is -0.490 e. The number of nitrogens with zero attached hydrogens (tertiary/aromatic N) is 1. The minimum absolute atomic E-state index is 0.0668. The SMILES string of the molecule is C=CCOc1ccc(/C=C(\C#N)C(=O)NCCCOC)cc1. The van der Waals surface area contributed by atoms with Gasteiger partial charge in [-0.05, 0) is 30.2 Å². The summed E-state index contributed by atoms with van der Waals surface area (Å²) in [6, 6.07) is 9.04. The molecule has 5 nitrogen and oxygen atoms in total. The number of ether oxygens (including phenoxy) is 2. The van der Waals surface area contributed by atoms with Gasteiger partial charge in [0.15, 0.2) is 0 Å². The highest BCUT2D eigenvalue weighted by Crippen LogP contribution is 2.14. The summed E-state index contributed by atoms with van der Waals surface area (Å²) < 4.78 is 10.3. The van der Waals surface area contributed by atoms with Gasteiger partial charge in [-0.2, -0.15) is 5.26 Å². The van der Waals surface area contributed by atoms with E-state index in [-0.39, 0.29) is 11.5 Å². The third-order valence-corrected chi connectivity index (χ3v) is 2.73. The van der Waals surface area contributed by atoms with Crippen molar-refractivity contribution in [3.8, 4) is 11.8 Å². The van der Waals surface area contributed by atoms with E-state index in [1.54, 1.807) is 43.5 Å². The number of benzene rings is 1. The lowest BCUT2D eigenvalue weighted by Gasteiger charge is -2.05. The number of carbonyl (C=O) groups excluding carboxylic acids is 1. The molecule has 1 rings (SSSR count). The van der Waals surface area contributed by atoms with Gasteiger partial charge in [0.25, 0.3) is 5.91 Å². The van der Waals surface area contributed by atoms with Gasteiger partial charge < -0.3 is 14.8 Å². The number of rotatable bonds is 9. The van der Waals surface area contributed by atoms with E-state index >= 15 is 0 Å². The molecule has 0 aromatic heterocycles. The topological polar surface area (TPSA) is 71.3 Å². The third kappa shape index (κ3) is 6.25. The molecular formula is C17H20N2O3. The van der Waals surface area contributed by atoms with Crippen molar-refractivity contribution >= 4 is 12.0 Å². The molecular weight excluding hydrogens is 280 g/mol. The largest absolute Gasteiger partial charge is 0.490 e. The number of carbonyl (C=O) groups is 1. The van der Waals surface area contributed by atoms with Gasteiger partial charge in [-0.1, -0.05) is 24.8 Å². The maximum atomic E-state index is 11.9. The first kappa shape index (κ1) is 17.5. The molecule has 22 heavy (non-hydrogen) atoms. The van der Waals surface area contributed by atoms with E-state index in [1.807, 2.05) is 6.07 Å². The molecule has 1 N–H and O–H groups in total. The number of nitriles is 1. The molecule has 0 spiro atoms. The monoisotopic (exact) mass is 300 g/mol. The van der Waals surface area contributed by atoms with Gasteiger partial charge in [-0.25, -0.2) is 0 Å². The van der Waals surface area contributed by atoms with E-state index in [0.29, 0.717) is 31.9 Å². The highest BCUT2D eigenvalue weighted by atomic mass is 16.5. The standard InChI is InChI=1S/C17H20N2O3/c1-3-10-22-16-7-5-14(6-8-16)12-15(13-18)17(20)19-9-4-11-21-2/h3,5-8,12H,1,4,9-11H2,2H3,(H,19,20)/b15-12+. The second-order valence-corrected chi connectivity index (χ2v) is 4.44. The molecule has 0 aliphatic heterocycles. The van der Waals surface area contributed by atoms with E-state index in [2.05, 4.69) is 11.9 Å². The minimum atomic E-state index is -0.384. The first-order valence-electron chi connectivity index (χ1n) is 6.94. The molecule has 116 valence electrons. The molecule has 0 atom stereocenters. The summed E-state index contributed by atoms with van der Waals surface area (Å²) >= 11 is 0. The average Bonchev–Trinajstić information content (AvgIpc) is 2.55. The van der Waals surface area contributed by atoms with E-state index in [4.69, 9.17) is 14.7 Å². The van der Waals surface area contributed by atoms with Crippen LogP contribution in [0.25, 0.3) is 6.08 Å². The van der Waals surface area contributed by atoms with E-state index in [0.717, 1.165) is 5.56 Å². The molecule has 1 aromatic rings. The van der Waals surface area contributed by atoms with Crippen molar-refractivity contribution in [3.05, 3.63) is 48.1 Å². The number of nitrogens with one attached hydrogen (secondary N) is 1. The summed E-state index contributed by atoms with van der Waals surface area (Å²) in [6.45, 7) is 5.05. The molecule has 0 saturated carbocycles. The summed E-state index contributed by atoms with van der Waals surface area (Å²) in [7, 11) is 1.60. The van der Waals surface area contributed by atoms with Crippen molar-refractivity contribution in [2.45, 2.75) is 6.42 Å². The van der Waals surface area contributed by atoms with Crippen LogP contribution < -0.4 is 10.1 Å². The van der Waals surface area contributed by atoms with Crippen LogP contribution in [0.4, 0.5) is 0 Å². The molecule has 0 bridgehead atoms. The molecule has 5 heteroatoms. The summed E-state index contributed by atoms with van der Waals surface area (Å²) in [6.07, 6.45) is 3.91. The zero-order valence-electron chi connectivity index (χ0n) is 12.7. The molecule has 0 unspecified atom stereocenters. The number of hydrogen-bond donors (Lipinski definition) is 1. The predicted octanol–water partition coefficient (Wildman–Crippen LogP) is 2.31. The van der Waals surface area contributed by atoms with Gasteiger partial charge in [0.05, 0.1) is 0 Å². The van der Waals surface area contributed by atoms with E-state index in [1.165, 1.54) is 0 Å². The van der Waals surface area contributed by atoms with Crippen LogP contribution in [0.3, 0.4) is 0 Å². The third-order valence-electron chi connectivity index (χ3n) is 2.73. The van der Waals surface area contributed by atoms with Gasteiger partial charge in [0.1, 0.15) is 24.0 Å². The quantitative estimate of drug-likeness (QED) is 0.329. The Labute approximate surface area is 130 Å². The van der Waals surface area contributed by atoms with E-state index < -0.39 is 0 Å². The van der Waals surface area contributed by atoms with Crippen molar-refractivity contribution in [1.29, 1.82) is 5.26 Å². The highest BCUT2D eigenvalue weighted by molar-refractivity contribution is 6.01. The molecule has 0 fully saturated rings. The smallest absolute Gasteiger partial charge is 0.261 e. The van der Waals surface area contributed by atoms with Gasteiger partial charge in [-0.3, -0.25) is 4.79 Å². The lowest BCUT2D eigenvalue weighted by Crippen LogP contribution is -2.26. The van der Waals surface area contributed by atoms with Crippen molar-refractivity contribution < 1.29 is 14.3 Å². The number of amides is 1. The molecule has 0 aliphatic carbocycles. The Balaban J connectivity index is 2.65. The van der Waals surface area contributed by atoms with Crippen molar-refractivity contribution in [2.24, 2.45) is 0 Å². The molecule has 0 aliphatic rings. The molecule has 1 aromatic carbocycles. The van der Waals surface area contributed by atoms with Crippen LogP contribution >= 0.6 is 0 Å². The summed E-state index contributed by atoms with van der Waals surface area (Å²) in [5.74, 6) is 0.324. The van der Waals surface area contributed by atoms with Gasteiger partial charge >= 0.3 is 0 Å². The van der Waals surface area contributed by atoms with Crippen molar-refractivity contribution in [1.82, 2.24) is 5.32 Å².